The van der Waals surface area contributed by atoms with Gasteiger partial charge < -0.3 is 10.4 Å². The van der Waals surface area contributed by atoms with E-state index in [4.69, 9.17) is 0 Å². The van der Waals surface area contributed by atoms with Gasteiger partial charge in [0.2, 0.25) is 5.91 Å². The van der Waals surface area contributed by atoms with Crippen molar-refractivity contribution in [3.05, 3.63) is 58.7 Å². The molecule has 0 saturated carbocycles. The predicted octanol–water partition coefficient (Wildman–Crippen LogP) is 7.31. The van der Waals surface area contributed by atoms with E-state index in [1.165, 1.54) is 23.9 Å². The number of carbonyl (C=O) groups excluding carboxylic acids is 1. The van der Waals surface area contributed by atoms with Crippen molar-refractivity contribution >= 4 is 23.4 Å². The van der Waals surface area contributed by atoms with Crippen molar-refractivity contribution < 1.29 is 23.1 Å². The maximum Gasteiger partial charge on any atom is 0.416 e. The van der Waals surface area contributed by atoms with Crippen LogP contribution in [0.4, 0.5) is 18.9 Å². The number of halogens is 3. The van der Waals surface area contributed by atoms with Gasteiger partial charge in [-0.2, -0.15) is 24.9 Å². The van der Waals surface area contributed by atoms with Crippen LogP contribution >= 0.6 is 11.8 Å². The number of carbonyl (C=O) groups is 1. The molecule has 0 aliphatic carbocycles. The molecule has 0 unspecified atom stereocenters. The summed E-state index contributed by atoms with van der Waals surface area (Å²) in [5.74, 6) is 0.951. The molecular weight excluding hydrogens is 447 g/mol. The molecule has 0 atom stereocenters. The lowest BCUT2D eigenvalue weighted by atomic mass is 9.78. The molecule has 0 bridgehead atoms. The minimum atomic E-state index is -4.44. The van der Waals surface area contributed by atoms with Gasteiger partial charge in [0.25, 0.3) is 0 Å². The lowest BCUT2D eigenvalue weighted by molar-refractivity contribution is -0.137. The number of amides is 1. The Hall–Kier alpha value is -2.15. The highest BCUT2D eigenvalue weighted by atomic mass is 32.2. The summed E-state index contributed by atoms with van der Waals surface area (Å²) in [5.41, 5.74) is 2.00. The molecule has 1 amide bonds. The van der Waals surface area contributed by atoms with Gasteiger partial charge in [-0.1, -0.05) is 59.7 Å². The van der Waals surface area contributed by atoms with E-state index in [9.17, 15) is 23.1 Å². The van der Waals surface area contributed by atoms with Gasteiger partial charge in [-0.3, -0.25) is 4.79 Å². The monoisotopic (exact) mass is 481 g/mol. The lowest BCUT2D eigenvalue weighted by Crippen LogP contribution is -2.18. The van der Waals surface area contributed by atoms with Crippen molar-refractivity contribution in [2.75, 3.05) is 16.8 Å². The Kier molecular flexibility index (Phi) is 8.55. The number of alkyl halides is 3. The summed E-state index contributed by atoms with van der Waals surface area (Å²) in [7, 11) is 0. The van der Waals surface area contributed by atoms with Crippen molar-refractivity contribution in [1.82, 2.24) is 0 Å². The Morgan fingerprint density at radius 1 is 0.970 bits per heavy atom. The van der Waals surface area contributed by atoms with Crippen LogP contribution in [0.5, 0.6) is 5.75 Å². The summed E-state index contributed by atoms with van der Waals surface area (Å²) in [4.78, 5) is 12.1. The number of hydrogen-bond donors (Lipinski definition) is 2. The van der Waals surface area contributed by atoms with Crippen LogP contribution in [-0.2, 0) is 28.2 Å². The second kappa shape index (κ2) is 10.4. The number of anilines is 1. The van der Waals surface area contributed by atoms with Crippen LogP contribution in [0.15, 0.2) is 36.4 Å². The first-order chi connectivity index (χ1) is 15.1. The minimum absolute atomic E-state index is 0.143. The highest BCUT2D eigenvalue weighted by Gasteiger charge is 2.30. The summed E-state index contributed by atoms with van der Waals surface area (Å²) < 4.78 is 38.4. The molecule has 2 N–H and O–H groups in total. The van der Waals surface area contributed by atoms with Crippen molar-refractivity contribution in [3.63, 3.8) is 0 Å². The number of hydrogen-bond acceptors (Lipinski definition) is 3. The van der Waals surface area contributed by atoms with Crippen LogP contribution in [0.1, 0.15) is 70.2 Å². The second-order valence-corrected chi connectivity index (χ2v) is 11.4. The second-order valence-electron chi connectivity index (χ2n) is 10.3. The van der Waals surface area contributed by atoms with Gasteiger partial charge in [0.05, 0.1) is 11.3 Å². The fraction of sp³-hybridized carbons (Fsp3) is 0.500. The minimum Gasteiger partial charge on any atom is -0.507 e. The van der Waals surface area contributed by atoms with E-state index in [0.717, 1.165) is 47.4 Å². The van der Waals surface area contributed by atoms with Crippen molar-refractivity contribution in [3.8, 4) is 5.75 Å². The highest BCUT2D eigenvalue weighted by molar-refractivity contribution is 7.99. The summed E-state index contributed by atoms with van der Waals surface area (Å²) in [6.45, 7) is 12.5. The van der Waals surface area contributed by atoms with Gasteiger partial charge >= 0.3 is 6.18 Å². The first kappa shape index (κ1) is 27.1. The SMILES string of the molecule is CC(C)(C)c1cc(CCCSCC(=O)Nc2cccc(C(F)(F)F)c2)cc(C(C)(C)C)c1O. The van der Waals surface area contributed by atoms with Gasteiger partial charge in [0.15, 0.2) is 0 Å². The fourth-order valence-electron chi connectivity index (χ4n) is 3.50. The molecule has 2 aromatic carbocycles. The van der Waals surface area contributed by atoms with E-state index >= 15 is 0 Å². The first-order valence-electron chi connectivity index (χ1n) is 11.0. The Morgan fingerprint density at radius 2 is 1.55 bits per heavy atom. The maximum atomic E-state index is 12.8. The quantitative estimate of drug-likeness (QED) is 0.408. The van der Waals surface area contributed by atoms with Gasteiger partial charge in [-0.25, -0.2) is 0 Å². The van der Waals surface area contributed by atoms with Crippen LogP contribution in [0.3, 0.4) is 0 Å². The fourth-order valence-corrected chi connectivity index (χ4v) is 4.25. The molecular formula is C26H34F3NO2S. The number of nitrogens with one attached hydrogen (secondary N) is 1. The molecule has 0 fully saturated rings. The summed E-state index contributed by atoms with van der Waals surface area (Å²) in [6, 6.07) is 8.77. The Morgan fingerprint density at radius 3 is 2.06 bits per heavy atom. The van der Waals surface area contributed by atoms with E-state index in [1.807, 2.05) is 0 Å². The zero-order valence-corrected chi connectivity index (χ0v) is 21.0. The number of phenols is 1. The number of phenolic OH excluding ortho intramolecular Hbond substituents is 1. The lowest BCUT2D eigenvalue weighted by Gasteiger charge is -2.28. The third kappa shape index (κ3) is 7.98. The molecule has 0 saturated heterocycles. The molecule has 0 aliphatic heterocycles. The van der Waals surface area contributed by atoms with Gasteiger partial charge in [0, 0.05) is 5.69 Å². The number of benzene rings is 2. The molecule has 2 rings (SSSR count). The van der Waals surface area contributed by atoms with Gasteiger partial charge in [0.1, 0.15) is 5.75 Å². The Balaban J connectivity index is 1.92. The Labute approximate surface area is 199 Å². The first-order valence-corrected chi connectivity index (χ1v) is 12.2. The summed E-state index contributed by atoms with van der Waals surface area (Å²) in [5, 5.41) is 13.4. The van der Waals surface area contributed by atoms with E-state index in [-0.39, 0.29) is 28.2 Å². The van der Waals surface area contributed by atoms with E-state index in [1.54, 1.807) is 0 Å². The third-order valence-corrected chi connectivity index (χ3v) is 6.29. The van der Waals surface area contributed by atoms with Crippen LogP contribution in [-0.4, -0.2) is 22.5 Å². The summed E-state index contributed by atoms with van der Waals surface area (Å²) >= 11 is 1.45. The zero-order chi connectivity index (χ0) is 25.0. The number of thioether (sulfide) groups is 1. The van der Waals surface area contributed by atoms with Crippen molar-refractivity contribution in [2.24, 2.45) is 0 Å². The maximum absolute atomic E-state index is 12.8. The number of aromatic hydroxyl groups is 1. The van der Waals surface area contributed by atoms with Crippen molar-refractivity contribution in [1.29, 1.82) is 0 Å². The molecule has 0 aromatic heterocycles. The van der Waals surface area contributed by atoms with Crippen LogP contribution < -0.4 is 5.32 Å². The molecule has 7 heteroatoms. The van der Waals surface area contributed by atoms with Crippen LogP contribution in [0.25, 0.3) is 0 Å². The molecule has 3 nitrogen and oxygen atoms in total. The number of aryl methyl sites for hydroxylation is 1. The average molecular weight is 482 g/mol. The highest BCUT2D eigenvalue weighted by Crippen LogP contribution is 2.40. The summed E-state index contributed by atoms with van der Waals surface area (Å²) in [6.07, 6.45) is -2.78. The molecule has 33 heavy (non-hydrogen) atoms. The molecule has 0 spiro atoms. The molecule has 0 heterocycles. The average Bonchev–Trinajstić information content (AvgIpc) is 2.66. The molecule has 182 valence electrons. The van der Waals surface area contributed by atoms with Crippen LogP contribution in [0.2, 0.25) is 0 Å². The molecule has 0 aliphatic rings. The predicted molar refractivity (Wildman–Crippen MR) is 131 cm³/mol. The largest absolute Gasteiger partial charge is 0.507 e. The number of rotatable bonds is 7. The molecule has 2 aromatic rings. The Bertz CT molecular complexity index is 938. The van der Waals surface area contributed by atoms with Gasteiger partial charge in [-0.05, 0) is 64.3 Å². The van der Waals surface area contributed by atoms with E-state index < -0.39 is 11.7 Å². The smallest absolute Gasteiger partial charge is 0.416 e. The van der Waals surface area contributed by atoms with E-state index in [0.29, 0.717) is 5.75 Å². The molecule has 0 radical (unpaired) electrons. The standard InChI is InChI=1S/C26H34F3NO2S/c1-24(2,3)20-13-17(14-21(23(20)32)25(4,5)6)9-8-12-33-16-22(31)30-19-11-7-10-18(15-19)26(27,28)29/h7,10-11,13-15,32H,8-9,12,16H2,1-6H3,(H,30,31). The zero-order valence-electron chi connectivity index (χ0n) is 20.2. The van der Waals surface area contributed by atoms with E-state index in [2.05, 4.69) is 59.0 Å². The topological polar surface area (TPSA) is 49.3 Å². The normalized spacial score (nSPS) is 12.6. The van der Waals surface area contributed by atoms with Crippen molar-refractivity contribution in [2.45, 2.75) is 71.4 Å². The third-order valence-electron chi connectivity index (χ3n) is 5.25. The van der Waals surface area contributed by atoms with Crippen LogP contribution in [0, 0.1) is 0 Å². The van der Waals surface area contributed by atoms with Gasteiger partial charge in [-0.15, -0.1) is 0 Å².